The molecule has 138 valence electrons. The van der Waals surface area contributed by atoms with Crippen molar-refractivity contribution in [2.75, 3.05) is 20.3 Å². The normalized spacial score (nSPS) is 10.6. The number of carbonyl (C=O) groups excluding carboxylic acids is 1. The van der Waals surface area contributed by atoms with Crippen LogP contribution in [-0.4, -0.2) is 32.4 Å². The van der Waals surface area contributed by atoms with Gasteiger partial charge in [0, 0.05) is 5.02 Å². The van der Waals surface area contributed by atoms with Crippen LogP contribution in [0, 0.1) is 3.57 Å². The largest absolute Gasteiger partial charge is 0.492 e. The van der Waals surface area contributed by atoms with E-state index in [1.807, 2.05) is 13.0 Å². The fourth-order valence-electron chi connectivity index (χ4n) is 2.01. The van der Waals surface area contributed by atoms with E-state index < -0.39 is 0 Å². The minimum atomic E-state index is -0.371. The number of hydrogen-bond donors (Lipinski definition) is 1. The molecule has 0 aromatic heterocycles. The molecule has 0 aliphatic carbocycles. The summed E-state index contributed by atoms with van der Waals surface area (Å²) in [5.74, 6) is 1.48. The molecule has 1 N–H and O–H groups in total. The summed E-state index contributed by atoms with van der Waals surface area (Å²) in [6.45, 7) is 2.27. The smallest absolute Gasteiger partial charge is 0.277 e. The number of carbonyl (C=O) groups is 1. The second-order valence-electron chi connectivity index (χ2n) is 5.00. The molecule has 6 nitrogen and oxygen atoms in total. The summed E-state index contributed by atoms with van der Waals surface area (Å²) in [5.41, 5.74) is 3.19. The monoisotopic (exact) mass is 488 g/mol. The van der Waals surface area contributed by atoms with Gasteiger partial charge in [-0.05, 0) is 71.5 Å². The highest BCUT2D eigenvalue weighted by Crippen LogP contribution is 2.33. The predicted octanol–water partition coefficient (Wildman–Crippen LogP) is 3.88. The van der Waals surface area contributed by atoms with Crippen molar-refractivity contribution in [1.82, 2.24) is 5.43 Å². The Labute approximate surface area is 170 Å². The molecule has 0 radical (unpaired) electrons. The number of nitrogens with one attached hydrogen (secondary N) is 1. The zero-order valence-electron chi connectivity index (χ0n) is 14.3. The minimum Gasteiger partial charge on any atom is -0.492 e. The molecule has 0 unspecified atom stereocenters. The van der Waals surface area contributed by atoms with E-state index in [1.54, 1.807) is 37.4 Å². The van der Waals surface area contributed by atoms with E-state index in [2.05, 4.69) is 33.1 Å². The van der Waals surface area contributed by atoms with Crippen LogP contribution in [0.1, 0.15) is 12.5 Å². The molecule has 0 atom stereocenters. The Balaban J connectivity index is 1.92. The predicted molar refractivity (Wildman–Crippen MR) is 110 cm³/mol. The molecule has 1 amide bonds. The molecule has 2 aromatic carbocycles. The third kappa shape index (κ3) is 6.06. The van der Waals surface area contributed by atoms with Crippen LogP contribution >= 0.6 is 34.2 Å². The molecule has 26 heavy (non-hydrogen) atoms. The Bertz CT molecular complexity index is 782. The van der Waals surface area contributed by atoms with Crippen LogP contribution in [0.25, 0.3) is 0 Å². The summed E-state index contributed by atoms with van der Waals surface area (Å²) >= 11 is 7.95. The van der Waals surface area contributed by atoms with Crippen molar-refractivity contribution in [1.29, 1.82) is 0 Å². The molecule has 0 spiro atoms. The number of ether oxygens (including phenoxy) is 3. The first-order chi connectivity index (χ1) is 12.5. The van der Waals surface area contributed by atoms with Crippen molar-refractivity contribution in [2.45, 2.75) is 6.92 Å². The van der Waals surface area contributed by atoms with Crippen LogP contribution < -0.4 is 19.6 Å². The molecule has 0 saturated heterocycles. The van der Waals surface area contributed by atoms with Gasteiger partial charge in [-0.1, -0.05) is 11.6 Å². The summed E-state index contributed by atoms with van der Waals surface area (Å²) in [6, 6.07) is 10.4. The molecule has 0 heterocycles. The van der Waals surface area contributed by atoms with E-state index in [0.29, 0.717) is 28.9 Å². The third-order valence-electron chi connectivity index (χ3n) is 3.12. The molecule has 2 rings (SSSR count). The quantitative estimate of drug-likeness (QED) is 0.348. The third-order valence-corrected chi connectivity index (χ3v) is 4.18. The van der Waals surface area contributed by atoms with Crippen molar-refractivity contribution in [3.8, 4) is 17.2 Å². The molecular weight excluding hydrogens is 471 g/mol. The van der Waals surface area contributed by atoms with Crippen molar-refractivity contribution in [2.24, 2.45) is 5.10 Å². The van der Waals surface area contributed by atoms with Gasteiger partial charge in [-0.2, -0.15) is 5.10 Å². The van der Waals surface area contributed by atoms with Crippen LogP contribution in [0.5, 0.6) is 17.2 Å². The van der Waals surface area contributed by atoms with Gasteiger partial charge < -0.3 is 14.2 Å². The lowest BCUT2D eigenvalue weighted by Crippen LogP contribution is -2.24. The maximum atomic E-state index is 11.8. The molecule has 0 saturated carbocycles. The zero-order chi connectivity index (χ0) is 18.9. The topological polar surface area (TPSA) is 69.2 Å². The van der Waals surface area contributed by atoms with Crippen LogP contribution in [0.4, 0.5) is 0 Å². The van der Waals surface area contributed by atoms with Crippen molar-refractivity contribution >= 4 is 46.3 Å². The number of halogens is 2. The highest BCUT2D eigenvalue weighted by molar-refractivity contribution is 14.1. The highest BCUT2D eigenvalue weighted by Gasteiger charge is 2.10. The van der Waals surface area contributed by atoms with E-state index in [1.165, 1.54) is 6.21 Å². The van der Waals surface area contributed by atoms with Gasteiger partial charge in [0.15, 0.2) is 18.1 Å². The fourth-order valence-corrected chi connectivity index (χ4v) is 2.99. The van der Waals surface area contributed by atoms with Gasteiger partial charge in [-0.25, -0.2) is 5.43 Å². The SMILES string of the molecule is CCOc1cc(/C=N/NC(=O)COc2ccc(Cl)cc2)cc(I)c1OC. The fraction of sp³-hybridized carbons (Fsp3) is 0.222. The average Bonchev–Trinajstić information content (AvgIpc) is 2.61. The second kappa shape index (κ2) is 10.2. The number of hydrazone groups is 1. The zero-order valence-corrected chi connectivity index (χ0v) is 17.2. The molecule has 2 aromatic rings. The summed E-state index contributed by atoms with van der Waals surface area (Å²) in [5, 5.41) is 4.54. The van der Waals surface area contributed by atoms with E-state index in [0.717, 1.165) is 9.13 Å². The Morgan fingerprint density at radius 3 is 2.65 bits per heavy atom. The van der Waals surface area contributed by atoms with Crippen LogP contribution in [0.2, 0.25) is 5.02 Å². The van der Waals surface area contributed by atoms with Gasteiger partial charge in [-0.3, -0.25) is 4.79 Å². The molecule has 0 fully saturated rings. The van der Waals surface area contributed by atoms with Gasteiger partial charge in [0.25, 0.3) is 5.91 Å². The maximum absolute atomic E-state index is 11.8. The Hall–Kier alpha value is -2.00. The number of nitrogens with zero attached hydrogens (tertiary/aromatic N) is 1. The van der Waals surface area contributed by atoms with Gasteiger partial charge in [-0.15, -0.1) is 0 Å². The molecule has 8 heteroatoms. The average molecular weight is 489 g/mol. The standard InChI is InChI=1S/C18H18ClIN2O4/c1-3-25-16-9-12(8-15(20)18(16)24-2)10-21-22-17(23)11-26-14-6-4-13(19)5-7-14/h4-10H,3,11H2,1-2H3,(H,22,23)/b21-10+. The van der Waals surface area contributed by atoms with Gasteiger partial charge in [0.05, 0.1) is 23.5 Å². The second-order valence-corrected chi connectivity index (χ2v) is 6.60. The van der Waals surface area contributed by atoms with E-state index >= 15 is 0 Å². The summed E-state index contributed by atoms with van der Waals surface area (Å²) in [7, 11) is 1.59. The Morgan fingerprint density at radius 1 is 1.27 bits per heavy atom. The number of methoxy groups -OCH3 is 1. The first-order valence-corrected chi connectivity index (χ1v) is 9.19. The highest BCUT2D eigenvalue weighted by atomic mass is 127. The van der Waals surface area contributed by atoms with E-state index in [-0.39, 0.29) is 12.5 Å². The van der Waals surface area contributed by atoms with Crippen molar-refractivity contribution in [3.05, 3.63) is 50.6 Å². The lowest BCUT2D eigenvalue weighted by molar-refractivity contribution is -0.123. The molecule has 0 aliphatic heterocycles. The molecule has 0 aliphatic rings. The van der Waals surface area contributed by atoms with Crippen LogP contribution in [0.15, 0.2) is 41.5 Å². The first-order valence-electron chi connectivity index (χ1n) is 7.74. The maximum Gasteiger partial charge on any atom is 0.277 e. The number of hydrogen-bond acceptors (Lipinski definition) is 5. The molecular formula is C18H18ClIN2O4. The number of benzene rings is 2. The summed E-state index contributed by atoms with van der Waals surface area (Å²) in [6.07, 6.45) is 1.53. The Kier molecular flexibility index (Phi) is 7.99. The number of rotatable bonds is 8. The van der Waals surface area contributed by atoms with Crippen molar-refractivity contribution in [3.63, 3.8) is 0 Å². The summed E-state index contributed by atoms with van der Waals surface area (Å²) in [4.78, 5) is 11.8. The number of amides is 1. The van der Waals surface area contributed by atoms with Crippen LogP contribution in [0.3, 0.4) is 0 Å². The van der Waals surface area contributed by atoms with Gasteiger partial charge in [0.2, 0.25) is 0 Å². The lowest BCUT2D eigenvalue weighted by Gasteiger charge is -2.11. The summed E-state index contributed by atoms with van der Waals surface area (Å²) < 4.78 is 17.1. The minimum absolute atomic E-state index is 0.149. The first kappa shape index (κ1) is 20.3. The molecule has 0 bridgehead atoms. The Morgan fingerprint density at radius 2 is 2.00 bits per heavy atom. The lowest BCUT2D eigenvalue weighted by atomic mass is 10.2. The van der Waals surface area contributed by atoms with Crippen LogP contribution in [-0.2, 0) is 4.79 Å². The van der Waals surface area contributed by atoms with Gasteiger partial charge >= 0.3 is 0 Å². The van der Waals surface area contributed by atoms with E-state index in [9.17, 15) is 4.79 Å². The van der Waals surface area contributed by atoms with Gasteiger partial charge in [0.1, 0.15) is 5.75 Å². The van der Waals surface area contributed by atoms with E-state index in [4.69, 9.17) is 25.8 Å². The van der Waals surface area contributed by atoms with Crippen molar-refractivity contribution < 1.29 is 19.0 Å².